The third kappa shape index (κ3) is 4.09. The van der Waals surface area contributed by atoms with Gasteiger partial charge in [-0.25, -0.2) is 9.37 Å². The van der Waals surface area contributed by atoms with Crippen molar-refractivity contribution in [2.45, 2.75) is 0 Å². The summed E-state index contributed by atoms with van der Waals surface area (Å²) in [4.78, 5) is 8.42. The molecule has 2 N–H and O–H groups in total. The van der Waals surface area contributed by atoms with Crippen molar-refractivity contribution in [3.05, 3.63) is 70.6 Å². The van der Waals surface area contributed by atoms with Crippen LogP contribution in [0.1, 0.15) is 0 Å². The van der Waals surface area contributed by atoms with Gasteiger partial charge in [-0.15, -0.1) is 0 Å². The Labute approximate surface area is 142 Å². The Hall–Kier alpha value is -2.37. The fourth-order valence-corrected chi connectivity index (χ4v) is 2.20. The first-order valence-electron chi connectivity index (χ1n) is 6.68. The van der Waals surface area contributed by atoms with E-state index in [0.717, 1.165) is 5.69 Å². The molecule has 2 aromatic carbocycles. The lowest BCUT2D eigenvalue weighted by atomic mass is 10.3. The van der Waals surface area contributed by atoms with Crippen LogP contribution in [-0.4, -0.2) is 9.97 Å². The molecule has 0 unspecified atom stereocenters. The van der Waals surface area contributed by atoms with Gasteiger partial charge in [-0.3, -0.25) is 0 Å². The lowest BCUT2D eigenvalue weighted by Gasteiger charge is -2.09. The van der Waals surface area contributed by atoms with Crippen LogP contribution >= 0.6 is 23.2 Å². The minimum absolute atomic E-state index is 0.333. The molecule has 3 aromatic rings. The maximum atomic E-state index is 13.2. The molecule has 0 saturated heterocycles. The van der Waals surface area contributed by atoms with E-state index in [1.807, 2.05) is 0 Å². The average Bonchev–Trinajstić information content (AvgIpc) is 2.51. The lowest BCUT2D eigenvalue weighted by Crippen LogP contribution is -2.00. The average molecular weight is 349 g/mol. The predicted octanol–water partition coefficient (Wildman–Crippen LogP) is 5.41. The molecular weight excluding hydrogens is 338 g/mol. The second-order valence-corrected chi connectivity index (χ2v) is 5.47. The van der Waals surface area contributed by atoms with Crippen LogP contribution in [0.2, 0.25) is 10.0 Å². The zero-order valence-corrected chi connectivity index (χ0v) is 13.2. The van der Waals surface area contributed by atoms with Gasteiger partial charge in [-0.2, -0.15) is 4.98 Å². The number of benzene rings is 2. The van der Waals surface area contributed by atoms with E-state index < -0.39 is 0 Å². The van der Waals surface area contributed by atoms with Gasteiger partial charge in [0.25, 0.3) is 0 Å². The molecule has 0 aliphatic carbocycles. The van der Waals surface area contributed by atoms with E-state index in [0.29, 0.717) is 27.5 Å². The summed E-state index contributed by atoms with van der Waals surface area (Å²) in [5.74, 6) is 0.582. The normalized spacial score (nSPS) is 10.4. The minimum atomic E-state index is -0.333. The molecule has 0 saturated carbocycles. The summed E-state index contributed by atoms with van der Waals surface area (Å²) >= 11 is 11.9. The Morgan fingerprint density at radius 2 is 1.70 bits per heavy atom. The Morgan fingerprint density at radius 1 is 0.870 bits per heavy atom. The third-order valence-corrected chi connectivity index (χ3v) is 3.67. The summed E-state index contributed by atoms with van der Waals surface area (Å²) in [7, 11) is 0. The maximum Gasteiger partial charge on any atom is 0.229 e. The number of rotatable bonds is 4. The van der Waals surface area contributed by atoms with E-state index in [4.69, 9.17) is 23.2 Å². The summed E-state index contributed by atoms with van der Waals surface area (Å²) in [6.07, 6.45) is 1.59. The van der Waals surface area contributed by atoms with Gasteiger partial charge in [0.1, 0.15) is 11.6 Å². The first kappa shape index (κ1) is 15.5. The highest BCUT2D eigenvalue weighted by molar-refractivity contribution is 6.42. The monoisotopic (exact) mass is 348 g/mol. The van der Waals surface area contributed by atoms with Gasteiger partial charge in [0.05, 0.1) is 10.0 Å². The van der Waals surface area contributed by atoms with E-state index in [9.17, 15) is 4.39 Å². The van der Waals surface area contributed by atoms with Crippen LogP contribution in [-0.2, 0) is 0 Å². The lowest BCUT2D eigenvalue weighted by molar-refractivity contribution is 0.628. The molecule has 7 heteroatoms. The molecule has 4 nitrogen and oxygen atoms in total. The summed E-state index contributed by atoms with van der Waals surface area (Å²) in [5, 5.41) is 6.97. The second kappa shape index (κ2) is 6.81. The zero-order valence-electron chi connectivity index (χ0n) is 11.7. The number of nitrogens with one attached hydrogen (secondary N) is 2. The number of aromatic nitrogens is 2. The Kier molecular flexibility index (Phi) is 4.60. The molecule has 3 rings (SSSR count). The molecule has 0 fully saturated rings. The quantitative estimate of drug-likeness (QED) is 0.661. The number of anilines is 4. The van der Waals surface area contributed by atoms with Gasteiger partial charge in [0.15, 0.2) is 0 Å². The third-order valence-electron chi connectivity index (χ3n) is 2.93. The molecule has 0 atom stereocenters. The fraction of sp³-hybridized carbons (Fsp3) is 0. The summed E-state index contributed by atoms with van der Waals surface area (Å²) < 4.78 is 13.2. The van der Waals surface area contributed by atoms with E-state index >= 15 is 0 Å². The van der Waals surface area contributed by atoms with Crippen LogP contribution in [0.15, 0.2) is 54.7 Å². The molecule has 1 heterocycles. The van der Waals surface area contributed by atoms with Crippen molar-refractivity contribution in [1.29, 1.82) is 0 Å². The van der Waals surface area contributed by atoms with Gasteiger partial charge < -0.3 is 10.6 Å². The van der Waals surface area contributed by atoms with Crippen molar-refractivity contribution >= 4 is 46.3 Å². The molecule has 0 radical (unpaired) electrons. The van der Waals surface area contributed by atoms with Crippen molar-refractivity contribution in [3.63, 3.8) is 0 Å². The van der Waals surface area contributed by atoms with E-state index in [-0.39, 0.29) is 5.82 Å². The van der Waals surface area contributed by atoms with E-state index in [2.05, 4.69) is 20.6 Å². The maximum absolute atomic E-state index is 13.2. The molecule has 0 bridgehead atoms. The largest absolute Gasteiger partial charge is 0.340 e. The molecule has 0 spiro atoms. The van der Waals surface area contributed by atoms with Crippen molar-refractivity contribution in [1.82, 2.24) is 9.97 Å². The predicted molar refractivity (Wildman–Crippen MR) is 91.5 cm³/mol. The van der Waals surface area contributed by atoms with E-state index in [1.165, 1.54) is 12.1 Å². The van der Waals surface area contributed by atoms with Crippen LogP contribution in [0.4, 0.5) is 27.5 Å². The number of hydrogen-bond donors (Lipinski definition) is 2. The molecule has 0 aliphatic rings. The summed E-state index contributed by atoms with van der Waals surface area (Å²) in [6, 6.07) is 13.0. The van der Waals surface area contributed by atoms with Crippen LogP contribution in [0, 0.1) is 5.82 Å². The van der Waals surface area contributed by atoms with Crippen molar-refractivity contribution in [2.24, 2.45) is 0 Å². The highest BCUT2D eigenvalue weighted by atomic mass is 35.5. The highest BCUT2D eigenvalue weighted by Gasteiger charge is 2.03. The highest BCUT2D eigenvalue weighted by Crippen LogP contribution is 2.26. The standard InChI is InChI=1S/C16H11Cl2FN4/c17-13-5-4-12(9-14(13)18)21-15-6-7-20-16(23-15)22-11-3-1-2-10(19)8-11/h1-9H,(H2,20,21,22,23). The van der Waals surface area contributed by atoms with Gasteiger partial charge in [0, 0.05) is 17.6 Å². The molecule has 0 amide bonds. The smallest absolute Gasteiger partial charge is 0.229 e. The first-order chi connectivity index (χ1) is 11.1. The molecule has 0 aliphatic heterocycles. The fourth-order valence-electron chi connectivity index (χ4n) is 1.91. The van der Waals surface area contributed by atoms with Crippen molar-refractivity contribution in [2.75, 3.05) is 10.6 Å². The SMILES string of the molecule is Fc1cccc(Nc2nccc(Nc3ccc(Cl)c(Cl)c3)n2)c1. The van der Waals surface area contributed by atoms with Gasteiger partial charge in [-0.1, -0.05) is 29.3 Å². The molecular formula is C16H11Cl2FN4. The van der Waals surface area contributed by atoms with Crippen LogP contribution in [0.5, 0.6) is 0 Å². The van der Waals surface area contributed by atoms with Crippen LogP contribution in [0.25, 0.3) is 0 Å². The number of nitrogens with zero attached hydrogens (tertiary/aromatic N) is 2. The molecule has 23 heavy (non-hydrogen) atoms. The van der Waals surface area contributed by atoms with Gasteiger partial charge >= 0.3 is 0 Å². The number of halogens is 3. The first-order valence-corrected chi connectivity index (χ1v) is 7.43. The Bertz CT molecular complexity index is 842. The van der Waals surface area contributed by atoms with Crippen LogP contribution in [0.3, 0.4) is 0 Å². The Morgan fingerprint density at radius 3 is 2.48 bits per heavy atom. The zero-order chi connectivity index (χ0) is 16.2. The van der Waals surface area contributed by atoms with E-state index in [1.54, 1.807) is 42.6 Å². The molecule has 1 aromatic heterocycles. The van der Waals surface area contributed by atoms with Crippen LogP contribution < -0.4 is 10.6 Å². The minimum Gasteiger partial charge on any atom is -0.340 e. The van der Waals surface area contributed by atoms with Gasteiger partial charge in [0.2, 0.25) is 5.95 Å². The topological polar surface area (TPSA) is 49.8 Å². The second-order valence-electron chi connectivity index (χ2n) is 4.65. The summed E-state index contributed by atoms with van der Waals surface area (Å²) in [6.45, 7) is 0. The Balaban J connectivity index is 1.78. The van der Waals surface area contributed by atoms with Crippen molar-refractivity contribution < 1.29 is 4.39 Å². The van der Waals surface area contributed by atoms with Gasteiger partial charge in [-0.05, 0) is 42.5 Å². The summed E-state index contributed by atoms with van der Waals surface area (Å²) in [5.41, 5.74) is 1.31. The number of hydrogen-bond acceptors (Lipinski definition) is 4. The van der Waals surface area contributed by atoms with Crippen molar-refractivity contribution in [3.8, 4) is 0 Å². The molecule has 116 valence electrons.